The fourth-order valence-corrected chi connectivity index (χ4v) is 3.25. The second kappa shape index (κ2) is 5.09. The molecule has 0 spiro atoms. The van der Waals surface area contributed by atoms with Crippen LogP contribution in [0.3, 0.4) is 0 Å². The van der Waals surface area contributed by atoms with Crippen molar-refractivity contribution in [2.45, 2.75) is 45.6 Å². The number of nitrogens with two attached hydrogens (primary N) is 1. The molecule has 1 fully saturated rings. The molecule has 1 unspecified atom stereocenters. The number of aromatic nitrogens is 4. The number of rotatable bonds is 2. The van der Waals surface area contributed by atoms with Gasteiger partial charge in [0.25, 0.3) is 0 Å². The van der Waals surface area contributed by atoms with Gasteiger partial charge in [0.2, 0.25) is 0 Å². The number of halogens is 1. The lowest BCUT2D eigenvalue weighted by molar-refractivity contribution is 0.132. The van der Waals surface area contributed by atoms with E-state index in [0.717, 1.165) is 12.8 Å². The van der Waals surface area contributed by atoms with Crippen LogP contribution in [-0.4, -0.2) is 20.2 Å². The van der Waals surface area contributed by atoms with Crippen LogP contribution in [0, 0.1) is 11.2 Å². The van der Waals surface area contributed by atoms with Gasteiger partial charge in [-0.1, -0.05) is 26.7 Å². The number of benzene rings is 1. The third-order valence-electron chi connectivity index (χ3n) is 4.49. The van der Waals surface area contributed by atoms with Gasteiger partial charge in [-0.2, -0.15) is 0 Å². The highest BCUT2D eigenvalue weighted by Gasteiger charge is 2.36. The van der Waals surface area contributed by atoms with Crippen molar-refractivity contribution in [2.75, 3.05) is 5.73 Å². The predicted molar refractivity (Wildman–Crippen MR) is 78.9 cm³/mol. The van der Waals surface area contributed by atoms with E-state index in [4.69, 9.17) is 5.73 Å². The number of anilines is 1. The molecule has 1 aromatic heterocycles. The maximum atomic E-state index is 13.2. The SMILES string of the molecule is CC1(C)CCCCC1n1nnnc1-c1ccc(F)cc1N. The molecule has 5 nitrogen and oxygen atoms in total. The monoisotopic (exact) mass is 289 g/mol. The summed E-state index contributed by atoms with van der Waals surface area (Å²) in [6.07, 6.45) is 4.61. The van der Waals surface area contributed by atoms with E-state index >= 15 is 0 Å². The van der Waals surface area contributed by atoms with Crippen LogP contribution in [0.1, 0.15) is 45.6 Å². The van der Waals surface area contributed by atoms with Gasteiger partial charge in [-0.05, 0) is 46.9 Å². The molecule has 1 aliphatic rings. The molecule has 1 aliphatic carbocycles. The molecule has 0 radical (unpaired) electrons. The van der Waals surface area contributed by atoms with E-state index in [0.29, 0.717) is 17.1 Å². The Morgan fingerprint density at radius 2 is 2.14 bits per heavy atom. The van der Waals surface area contributed by atoms with Gasteiger partial charge in [0.05, 0.1) is 6.04 Å². The summed E-state index contributed by atoms with van der Waals surface area (Å²) in [6.45, 7) is 4.49. The van der Waals surface area contributed by atoms with E-state index in [1.165, 1.54) is 25.0 Å². The summed E-state index contributed by atoms with van der Waals surface area (Å²) >= 11 is 0. The Labute approximate surface area is 123 Å². The third-order valence-corrected chi connectivity index (χ3v) is 4.49. The first-order chi connectivity index (χ1) is 9.99. The van der Waals surface area contributed by atoms with Crippen LogP contribution in [0.25, 0.3) is 11.4 Å². The molecule has 21 heavy (non-hydrogen) atoms. The lowest BCUT2D eigenvalue weighted by atomic mass is 9.73. The Morgan fingerprint density at radius 3 is 2.86 bits per heavy atom. The highest BCUT2D eigenvalue weighted by Crippen LogP contribution is 2.44. The minimum Gasteiger partial charge on any atom is -0.398 e. The molecular weight excluding hydrogens is 269 g/mol. The Bertz CT molecular complexity index is 649. The molecule has 1 aromatic carbocycles. The van der Waals surface area contributed by atoms with Crippen molar-refractivity contribution in [3.63, 3.8) is 0 Å². The molecule has 1 atom stereocenters. The average molecular weight is 289 g/mol. The summed E-state index contributed by atoms with van der Waals surface area (Å²) in [5.41, 5.74) is 7.11. The lowest BCUT2D eigenvalue weighted by Crippen LogP contribution is -2.31. The zero-order chi connectivity index (χ0) is 15.0. The van der Waals surface area contributed by atoms with Crippen molar-refractivity contribution in [1.82, 2.24) is 20.2 Å². The summed E-state index contributed by atoms with van der Waals surface area (Å²) in [5.74, 6) is 0.265. The number of nitrogens with zero attached hydrogens (tertiary/aromatic N) is 4. The molecule has 6 heteroatoms. The Hall–Kier alpha value is -1.98. The highest BCUT2D eigenvalue weighted by atomic mass is 19.1. The molecule has 1 heterocycles. The molecule has 0 amide bonds. The lowest BCUT2D eigenvalue weighted by Gasteiger charge is -2.38. The van der Waals surface area contributed by atoms with Crippen molar-refractivity contribution < 1.29 is 4.39 Å². The molecule has 0 bridgehead atoms. The standard InChI is InChI=1S/C15H20FN5/c1-15(2)8-4-3-5-13(15)21-14(18-19-20-21)11-7-6-10(16)9-12(11)17/h6-7,9,13H,3-5,8,17H2,1-2H3. The first-order valence-corrected chi connectivity index (χ1v) is 7.32. The summed E-state index contributed by atoms with van der Waals surface area (Å²) < 4.78 is 15.1. The van der Waals surface area contributed by atoms with E-state index in [2.05, 4.69) is 29.4 Å². The number of hydrogen-bond acceptors (Lipinski definition) is 4. The highest BCUT2D eigenvalue weighted by molar-refractivity contribution is 5.71. The summed E-state index contributed by atoms with van der Waals surface area (Å²) in [5, 5.41) is 12.1. The predicted octanol–water partition coefficient (Wildman–Crippen LogP) is 3.20. The van der Waals surface area contributed by atoms with Crippen molar-refractivity contribution in [3.8, 4) is 11.4 Å². The number of nitrogen functional groups attached to an aromatic ring is 1. The van der Waals surface area contributed by atoms with Gasteiger partial charge in [0.1, 0.15) is 5.82 Å². The van der Waals surface area contributed by atoms with Crippen LogP contribution in [0.2, 0.25) is 0 Å². The van der Waals surface area contributed by atoms with Gasteiger partial charge in [-0.15, -0.1) is 5.10 Å². The first-order valence-electron chi connectivity index (χ1n) is 7.32. The maximum absolute atomic E-state index is 13.2. The summed E-state index contributed by atoms with van der Waals surface area (Å²) in [6, 6.07) is 4.57. The molecule has 0 saturated heterocycles. The van der Waals surface area contributed by atoms with Gasteiger partial charge < -0.3 is 5.73 Å². The molecular formula is C15H20FN5. The van der Waals surface area contributed by atoms with E-state index in [1.54, 1.807) is 6.07 Å². The van der Waals surface area contributed by atoms with E-state index in [9.17, 15) is 4.39 Å². The van der Waals surface area contributed by atoms with Crippen LogP contribution in [0.4, 0.5) is 10.1 Å². The molecule has 1 saturated carbocycles. The average Bonchev–Trinajstić information content (AvgIpc) is 2.87. The van der Waals surface area contributed by atoms with Crippen molar-refractivity contribution in [1.29, 1.82) is 0 Å². The summed E-state index contributed by atoms with van der Waals surface area (Å²) in [7, 11) is 0. The fraction of sp³-hybridized carbons (Fsp3) is 0.533. The van der Waals surface area contributed by atoms with Gasteiger partial charge >= 0.3 is 0 Å². The van der Waals surface area contributed by atoms with Crippen LogP contribution in [-0.2, 0) is 0 Å². The number of hydrogen-bond donors (Lipinski definition) is 1. The van der Waals surface area contributed by atoms with E-state index < -0.39 is 0 Å². The second-order valence-corrected chi connectivity index (χ2v) is 6.43. The van der Waals surface area contributed by atoms with Crippen molar-refractivity contribution in [3.05, 3.63) is 24.0 Å². The van der Waals surface area contributed by atoms with E-state index in [-0.39, 0.29) is 17.3 Å². The molecule has 2 aromatic rings. The Kier molecular flexibility index (Phi) is 3.39. The van der Waals surface area contributed by atoms with E-state index in [1.807, 2.05) is 4.68 Å². The van der Waals surface area contributed by atoms with Crippen LogP contribution >= 0.6 is 0 Å². The van der Waals surface area contributed by atoms with Gasteiger partial charge in [0, 0.05) is 11.3 Å². The zero-order valence-electron chi connectivity index (χ0n) is 12.4. The number of tetrazole rings is 1. The summed E-state index contributed by atoms with van der Waals surface area (Å²) in [4.78, 5) is 0. The largest absolute Gasteiger partial charge is 0.398 e. The fourth-order valence-electron chi connectivity index (χ4n) is 3.25. The van der Waals surface area contributed by atoms with Crippen molar-refractivity contribution in [2.24, 2.45) is 5.41 Å². The van der Waals surface area contributed by atoms with Crippen molar-refractivity contribution >= 4 is 5.69 Å². The zero-order valence-corrected chi connectivity index (χ0v) is 12.4. The third kappa shape index (κ3) is 2.50. The Morgan fingerprint density at radius 1 is 1.33 bits per heavy atom. The molecule has 112 valence electrons. The normalized spacial score (nSPS) is 21.4. The van der Waals surface area contributed by atoms with Gasteiger partial charge in [0.15, 0.2) is 5.82 Å². The smallest absolute Gasteiger partial charge is 0.184 e. The topological polar surface area (TPSA) is 69.6 Å². The first kappa shape index (κ1) is 14.0. The molecule has 2 N–H and O–H groups in total. The minimum atomic E-state index is -0.353. The molecule has 0 aliphatic heterocycles. The minimum absolute atomic E-state index is 0.136. The van der Waals surface area contributed by atoms with Crippen LogP contribution in [0.5, 0.6) is 0 Å². The van der Waals surface area contributed by atoms with Gasteiger partial charge in [-0.3, -0.25) is 0 Å². The molecule has 3 rings (SSSR count). The quantitative estimate of drug-likeness (QED) is 0.862. The van der Waals surface area contributed by atoms with Gasteiger partial charge in [-0.25, -0.2) is 9.07 Å². The van der Waals surface area contributed by atoms with Crippen LogP contribution in [0.15, 0.2) is 18.2 Å². The maximum Gasteiger partial charge on any atom is 0.184 e. The van der Waals surface area contributed by atoms with Crippen LogP contribution < -0.4 is 5.73 Å². The Balaban J connectivity index is 2.05. The second-order valence-electron chi connectivity index (χ2n) is 6.43.